The highest BCUT2D eigenvalue weighted by atomic mass is 28.4. The fraction of sp³-hybridized carbons (Fsp3) is 0.786. The fourth-order valence-corrected chi connectivity index (χ4v) is 2.77. The summed E-state index contributed by atoms with van der Waals surface area (Å²) >= 11 is 0. The zero-order valence-corrected chi connectivity index (χ0v) is 14.0. The standard InChI is InChI=1S/C14H28O4Si/c1-8-11(15)9-12(10-13(16)17-5)18-19(6,7)14(2,3)4/h8,11-12,15H,1,9-10H2,2-7H3/t11-,12-/m1/s1. The maximum absolute atomic E-state index is 11.4. The predicted molar refractivity (Wildman–Crippen MR) is 79.5 cm³/mol. The van der Waals surface area contributed by atoms with Crippen LogP contribution < -0.4 is 0 Å². The van der Waals surface area contributed by atoms with Gasteiger partial charge in [-0.15, -0.1) is 6.58 Å². The van der Waals surface area contributed by atoms with Gasteiger partial charge in [0, 0.05) is 6.42 Å². The van der Waals surface area contributed by atoms with Crippen LogP contribution in [0.3, 0.4) is 0 Å². The van der Waals surface area contributed by atoms with E-state index in [-0.39, 0.29) is 23.5 Å². The van der Waals surface area contributed by atoms with E-state index < -0.39 is 14.4 Å². The third-order valence-corrected chi connectivity index (χ3v) is 8.20. The Balaban J connectivity index is 4.84. The van der Waals surface area contributed by atoms with Crippen LogP contribution in [0.25, 0.3) is 0 Å². The van der Waals surface area contributed by atoms with Crippen LogP contribution >= 0.6 is 0 Å². The largest absolute Gasteiger partial charge is 0.469 e. The number of carbonyl (C=O) groups excluding carboxylic acids is 1. The number of carbonyl (C=O) groups is 1. The molecule has 0 radical (unpaired) electrons. The summed E-state index contributed by atoms with van der Waals surface area (Å²) in [5.41, 5.74) is 0. The fourth-order valence-electron chi connectivity index (χ4n) is 1.40. The Hall–Kier alpha value is -0.653. The van der Waals surface area contributed by atoms with Gasteiger partial charge in [0.1, 0.15) is 0 Å². The zero-order chi connectivity index (χ0) is 15.3. The smallest absolute Gasteiger partial charge is 0.308 e. The molecule has 0 rings (SSSR count). The number of methoxy groups -OCH3 is 1. The summed E-state index contributed by atoms with van der Waals surface area (Å²) in [7, 11) is -0.624. The van der Waals surface area contributed by atoms with Gasteiger partial charge in [-0.2, -0.15) is 0 Å². The van der Waals surface area contributed by atoms with E-state index in [1.807, 2.05) is 0 Å². The van der Waals surface area contributed by atoms with Gasteiger partial charge in [-0.1, -0.05) is 26.8 Å². The van der Waals surface area contributed by atoms with Gasteiger partial charge >= 0.3 is 5.97 Å². The number of aliphatic hydroxyl groups excluding tert-OH is 1. The van der Waals surface area contributed by atoms with E-state index in [0.29, 0.717) is 6.42 Å². The maximum atomic E-state index is 11.4. The lowest BCUT2D eigenvalue weighted by atomic mass is 10.1. The topological polar surface area (TPSA) is 55.8 Å². The van der Waals surface area contributed by atoms with Crippen LogP contribution in [-0.4, -0.2) is 38.7 Å². The summed E-state index contributed by atoms with van der Waals surface area (Å²) in [5.74, 6) is -0.319. The van der Waals surface area contributed by atoms with Crippen molar-refractivity contribution in [2.24, 2.45) is 0 Å². The first-order valence-corrected chi connectivity index (χ1v) is 9.49. The average Bonchev–Trinajstić information content (AvgIpc) is 2.26. The molecule has 0 aromatic carbocycles. The van der Waals surface area contributed by atoms with Gasteiger partial charge in [-0.05, 0) is 18.1 Å². The molecule has 0 amide bonds. The average molecular weight is 288 g/mol. The third-order valence-electron chi connectivity index (χ3n) is 3.67. The van der Waals surface area contributed by atoms with Crippen molar-refractivity contribution < 1.29 is 19.1 Å². The van der Waals surface area contributed by atoms with Crippen molar-refractivity contribution in [1.82, 2.24) is 0 Å². The highest BCUT2D eigenvalue weighted by Crippen LogP contribution is 2.38. The van der Waals surface area contributed by atoms with E-state index in [4.69, 9.17) is 4.43 Å². The van der Waals surface area contributed by atoms with E-state index >= 15 is 0 Å². The summed E-state index contributed by atoms with van der Waals surface area (Å²) in [6.07, 6.45) is 0.985. The highest BCUT2D eigenvalue weighted by Gasteiger charge is 2.39. The number of ether oxygens (including phenoxy) is 1. The molecule has 0 heterocycles. The van der Waals surface area contributed by atoms with Crippen molar-refractivity contribution in [2.45, 2.75) is 64.0 Å². The van der Waals surface area contributed by atoms with Crippen LogP contribution in [0.4, 0.5) is 0 Å². The Kier molecular flexibility index (Phi) is 6.97. The number of hydrogen-bond donors (Lipinski definition) is 1. The lowest BCUT2D eigenvalue weighted by Crippen LogP contribution is -2.45. The number of aliphatic hydroxyl groups is 1. The summed E-state index contributed by atoms with van der Waals surface area (Å²) < 4.78 is 10.9. The first kappa shape index (κ1) is 18.3. The molecule has 0 saturated carbocycles. The molecule has 0 bridgehead atoms. The second-order valence-electron chi connectivity index (χ2n) is 6.32. The maximum Gasteiger partial charge on any atom is 0.308 e. The molecule has 2 atom stereocenters. The van der Waals surface area contributed by atoms with Crippen molar-refractivity contribution in [3.63, 3.8) is 0 Å². The second kappa shape index (κ2) is 7.22. The Labute approximate surface area is 117 Å². The quantitative estimate of drug-likeness (QED) is 0.444. The Morgan fingerprint density at radius 2 is 1.95 bits per heavy atom. The van der Waals surface area contributed by atoms with Crippen LogP contribution in [-0.2, 0) is 14.0 Å². The van der Waals surface area contributed by atoms with Crippen molar-refractivity contribution >= 4 is 14.3 Å². The Morgan fingerprint density at radius 3 is 2.32 bits per heavy atom. The molecule has 1 N–H and O–H groups in total. The van der Waals surface area contributed by atoms with Crippen molar-refractivity contribution in [3.05, 3.63) is 12.7 Å². The van der Waals surface area contributed by atoms with Gasteiger partial charge in [0.05, 0.1) is 25.7 Å². The lowest BCUT2D eigenvalue weighted by Gasteiger charge is -2.39. The molecule has 0 unspecified atom stereocenters. The van der Waals surface area contributed by atoms with Crippen molar-refractivity contribution in [2.75, 3.05) is 7.11 Å². The molecular formula is C14H28O4Si. The van der Waals surface area contributed by atoms with Gasteiger partial charge in [-0.3, -0.25) is 4.79 Å². The van der Waals surface area contributed by atoms with E-state index in [1.54, 1.807) is 0 Å². The summed E-state index contributed by atoms with van der Waals surface area (Å²) in [6, 6.07) is 0. The van der Waals surface area contributed by atoms with Crippen LogP contribution in [0.15, 0.2) is 12.7 Å². The Bertz CT molecular complexity index is 307. The van der Waals surface area contributed by atoms with E-state index in [1.165, 1.54) is 13.2 Å². The van der Waals surface area contributed by atoms with Crippen molar-refractivity contribution in [1.29, 1.82) is 0 Å². The molecule has 5 heteroatoms. The summed E-state index contributed by atoms with van der Waals surface area (Å²) in [6.45, 7) is 14.2. The lowest BCUT2D eigenvalue weighted by molar-refractivity contribution is -0.142. The molecule has 4 nitrogen and oxygen atoms in total. The summed E-state index contributed by atoms with van der Waals surface area (Å²) in [5, 5.41) is 9.73. The molecule has 0 saturated heterocycles. The minimum atomic E-state index is -1.98. The predicted octanol–water partition coefficient (Wildman–Crippen LogP) is 2.88. The van der Waals surface area contributed by atoms with Gasteiger partial charge in [0.2, 0.25) is 0 Å². The third kappa shape index (κ3) is 6.36. The minimum Gasteiger partial charge on any atom is -0.469 e. The molecule has 0 aliphatic carbocycles. The minimum absolute atomic E-state index is 0.0561. The first-order valence-electron chi connectivity index (χ1n) is 6.58. The molecular weight excluding hydrogens is 260 g/mol. The molecule has 112 valence electrons. The van der Waals surface area contributed by atoms with Crippen molar-refractivity contribution in [3.8, 4) is 0 Å². The van der Waals surface area contributed by atoms with E-state index in [0.717, 1.165) is 0 Å². The van der Waals surface area contributed by atoms with Gasteiger partial charge < -0.3 is 14.3 Å². The van der Waals surface area contributed by atoms with Crippen LogP contribution in [0.2, 0.25) is 18.1 Å². The number of esters is 1. The zero-order valence-electron chi connectivity index (χ0n) is 13.0. The second-order valence-corrected chi connectivity index (χ2v) is 11.1. The first-order chi connectivity index (χ1) is 8.53. The molecule has 0 aliphatic rings. The molecule has 0 fully saturated rings. The van der Waals surface area contributed by atoms with E-state index in [9.17, 15) is 9.90 Å². The van der Waals surface area contributed by atoms with Crippen LogP contribution in [0, 0.1) is 0 Å². The molecule has 0 aromatic heterocycles. The molecule has 0 aromatic rings. The van der Waals surface area contributed by atoms with Gasteiger partial charge in [-0.25, -0.2) is 0 Å². The highest BCUT2D eigenvalue weighted by molar-refractivity contribution is 6.74. The monoisotopic (exact) mass is 288 g/mol. The van der Waals surface area contributed by atoms with E-state index in [2.05, 4.69) is 45.2 Å². The molecule has 19 heavy (non-hydrogen) atoms. The Morgan fingerprint density at radius 1 is 1.42 bits per heavy atom. The van der Waals surface area contributed by atoms with Crippen LogP contribution in [0.5, 0.6) is 0 Å². The normalized spacial score (nSPS) is 15.7. The number of rotatable bonds is 7. The van der Waals surface area contributed by atoms with Crippen LogP contribution in [0.1, 0.15) is 33.6 Å². The van der Waals surface area contributed by atoms with Gasteiger partial charge in [0.25, 0.3) is 0 Å². The SMILES string of the molecule is C=C[C@@H](O)C[C@H](CC(=O)OC)O[Si](C)(C)C(C)(C)C. The van der Waals surface area contributed by atoms with Gasteiger partial charge in [0.15, 0.2) is 8.32 Å². The summed E-state index contributed by atoms with van der Waals surface area (Å²) in [4.78, 5) is 11.4. The molecule has 0 spiro atoms. The number of hydrogen-bond acceptors (Lipinski definition) is 4. The molecule has 0 aliphatic heterocycles.